The molecule has 0 saturated heterocycles. The lowest BCUT2D eigenvalue weighted by atomic mass is 10.1. The summed E-state index contributed by atoms with van der Waals surface area (Å²) in [5.74, 6) is -1.39. The maximum Gasteiger partial charge on any atom is 0.407 e. The van der Waals surface area contributed by atoms with Crippen LogP contribution in [0.2, 0.25) is 0 Å². The van der Waals surface area contributed by atoms with Crippen molar-refractivity contribution < 1.29 is 23.9 Å². The van der Waals surface area contributed by atoms with E-state index in [2.05, 4.69) is 11.4 Å². The van der Waals surface area contributed by atoms with Crippen LogP contribution in [0.5, 0.6) is 0 Å². The third kappa shape index (κ3) is 6.63. The molecule has 1 N–H and O–H groups in total. The van der Waals surface area contributed by atoms with Crippen LogP contribution in [-0.2, 0) is 25.7 Å². The Hall–Kier alpha value is -4.92. The Bertz CT molecular complexity index is 1480. The first-order valence-corrected chi connectivity index (χ1v) is 14.7. The number of rotatable bonds is 10. The van der Waals surface area contributed by atoms with Gasteiger partial charge in [0.05, 0.1) is 13.5 Å². The number of alkyl carbamates (subject to hydrolysis) is 1. The molecule has 0 aliphatic carbocycles. The Morgan fingerprint density at radius 3 is 1.61 bits per heavy atom. The molecule has 0 saturated carbocycles. The average Bonchev–Trinajstić information content (AvgIpc) is 3.03. The van der Waals surface area contributed by atoms with E-state index in [1.165, 1.54) is 0 Å². The van der Waals surface area contributed by atoms with E-state index in [4.69, 9.17) is 9.47 Å². The van der Waals surface area contributed by atoms with Crippen molar-refractivity contribution in [2.45, 2.75) is 19.1 Å². The largest absolute Gasteiger partial charge is 0.461 e. The number of benzene rings is 4. The summed E-state index contributed by atoms with van der Waals surface area (Å²) in [5, 5.41) is 15.5. The van der Waals surface area contributed by atoms with Gasteiger partial charge in [0, 0.05) is 0 Å². The number of Topliss-reactive ketones (excluding diaryl/α,β-unsaturated/α-hetero) is 1. The number of carbonyl (C=O) groups is 3. The van der Waals surface area contributed by atoms with Gasteiger partial charge in [0.1, 0.15) is 24.0 Å². The number of nitriles is 1. The number of esters is 1. The van der Waals surface area contributed by atoms with E-state index >= 15 is 0 Å². The first kappa shape index (κ1) is 29.1. The third-order valence-corrected chi connectivity index (χ3v) is 10.7. The van der Waals surface area contributed by atoms with E-state index in [9.17, 15) is 19.6 Å². The van der Waals surface area contributed by atoms with E-state index in [1.54, 1.807) is 0 Å². The zero-order valence-electron chi connectivity index (χ0n) is 22.5. The van der Waals surface area contributed by atoms with Gasteiger partial charge in [-0.2, -0.15) is 5.26 Å². The molecule has 8 heteroatoms. The monoisotopic (exact) mass is 564 g/mol. The van der Waals surface area contributed by atoms with E-state index in [-0.39, 0.29) is 11.9 Å². The highest BCUT2D eigenvalue weighted by molar-refractivity contribution is 7.97. The van der Waals surface area contributed by atoms with Crippen molar-refractivity contribution >= 4 is 45.9 Å². The van der Waals surface area contributed by atoms with E-state index in [1.807, 2.05) is 121 Å². The lowest BCUT2D eigenvalue weighted by Gasteiger charge is -2.31. The highest BCUT2D eigenvalue weighted by Crippen LogP contribution is 2.46. The van der Waals surface area contributed by atoms with Crippen LogP contribution in [-0.4, -0.2) is 36.3 Å². The summed E-state index contributed by atoms with van der Waals surface area (Å²) in [5.41, 5.74) is 0.774. The van der Waals surface area contributed by atoms with Crippen LogP contribution in [0.25, 0.3) is 0 Å². The molecule has 1 unspecified atom stereocenters. The fourth-order valence-corrected chi connectivity index (χ4v) is 8.79. The maximum atomic E-state index is 14.4. The van der Waals surface area contributed by atoms with Crippen molar-refractivity contribution in [1.82, 2.24) is 5.32 Å². The zero-order valence-corrected chi connectivity index (χ0v) is 23.4. The van der Waals surface area contributed by atoms with Gasteiger partial charge in [0.25, 0.3) is 0 Å². The molecule has 0 spiro atoms. The third-order valence-electron chi connectivity index (χ3n) is 6.51. The molecule has 0 bridgehead atoms. The molecule has 1 atom stereocenters. The summed E-state index contributed by atoms with van der Waals surface area (Å²) in [6, 6.07) is 38.1. The Balaban J connectivity index is 1.89. The zero-order chi connectivity index (χ0) is 29.1. The first-order chi connectivity index (χ1) is 20.0. The van der Waals surface area contributed by atoms with Crippen molar-refractivity contribution in [3.63, 3.8) is 0 Å². The van der Waals surface area contributed by atoms with Gasteiger partial charge in [-0.25, -0.2) is 4.79 Å². The minimum Gasteiger partial charge on any atom is -0.461 e. The number of nitrogens with one attached hydrogen (secondary N) is 1. The van der Waals surface area contributed by atoms with Crippen molar-refractivity contribution in [2.75, 3.05) is 7.11 Å². The predicted molar refractivity (Wildman–Crippen MR) is 161 cm³/mol. The van der Waals surface area contributed by atoms with Crippen LogP contribution in [0.3, 0.4) is 0 Å². The highest BCUT2D eigenvalue weighted by Gasteiger charge is 2.37. The number of ether oxygens (including phenoxy) is 2. The average molecular weight is 565 g/mol. The van der Waals surface area contributed by atoms with Crippen LogP contribution in [0.4, 0.5) is 4.79 Å². The topological polar surface area (TPSA) is 105 Å². The van der Waals surface area contributed by atoms with Crippen LogP contribution in [0, 0.1) is 11.3 Å². The lowest BCUT2D eigenvalue weighted by Crippen LogP contribution is -2.47. The smallest absolute Gasteiger partial charge is 0.407 e. The number of hydrogen-bond donors (Lipinski definition) is 1. The molecule has 4 aromatic carbocycles. The van der Waals surface area contributed by atoms with Crippen LogP contribution in [0.1, 0.15) is 12.0 Å². The second-order valence-electron chi connectivity index (χ2n) is 9.04. The molecule has 0 radical (unpaired) electrons. The number of amides is 1. The summed E-state index contributed by atoms with van der Waals surface area (Å²) in [6.45, 7) is -3.07. The summed E-state index contributed by atoms with van der Waals surface area (Å²) in [4.78, 5) is 39.7. The van der Waals surface area contributed by atoms with Gasteiger partial charge in [-0.1, -0.05) is 121 Å². The lowest BCUT2D eigenvalue weighted by molar-refractivity contribution is -0.146. The molecule has 4 rings (SSSR count). The number of carbonyl (C=O) groups excluding carboxylic acids is 3. The quantitative estimate of drug-likeness (QED) is 0.230. The minimum absolute atomic E-state index is 0.00259. The summed E-state index contributed by atoms with van der Waals surface area (Å²) in [7, 11) is 1.16. The number of ketones is 1. The molecule has 41 heavy (non-hydrogen) atoms. The Morgan fingerprint density at radius 2 is 1.20 bits per heavy atom. The molecule has 0 heterocycles. The highest BCUT2D eigenvalue weighted by atomic mass is 31.2. The molecule has 0 aliphatic rings. The molecule has 4 aromatic rings. The van der Waals surface area contributed by atoms with Crippen molar-refractivity contribution in [3.8, 4) is 6.07 Å². The number of hydrogen-bond acceptors (Lipinski definition) is 6. The standard InChI is InChI=1S/C33H29N2O5P/c1-39-33(38)35-29(22-31(36)40-24-25-14-6-2-7-15-25)32(37)30(23-34)41(26-16-8-3-9-17-26,27-18-10-4-11-19-27)28-20-12-5-13-21-28/h2-21,29H,22,24H2,1H3,(H,35,38). The van der Waals surface area contributed by atoms with Gasteiger partial charge in [0.15, 0.2) is 5.78 Å². The van der Waals surface area contributed by atoms with Crippen molar-refractivity contribution in [1.29, 1.82) is 5.26 Å². The second-order valence-corrected chi connectivity index (χ2v) is 12.4. The minimum atomic E-state index is -3.07. The molecule has 7 nitrogen and oxygen atoms in total. The fourth-order valence-electron chi connectivity index (χ4n) is 4.62. The van der Waals surface area contributed by atoms with E-state index < -0.39 is 37.2 Å². The molecule has 1 amide bonds. The molecule has 206 valence electrons. The Kier molecular flexibility index (Phi) is 9.88. The normalized spacial score (nSPS) is 11.4. The first-order valence-electron chi connectivity index (χ1n) is 12.9. The SMILES string of the molecule is COC(=O)NC(CC(=O)OCc1ccccc1)C(=O)C(C#N)=P(c1ccccc1)(c1ccccc1)c1ccccc1. The van der Waals surface area contributed by atoms with E-state index in [0.717, 1.165) is 28.6 Å². The Labute approximate surface area is 239 Å². The maximum absolute atomic E-state index is 14.4. The van der Waals surface area contributed by atoms with Gasteiger partial charge in [0.2, 0.25) is 0 Å². The second kappa shape index (κ2) is 13.9. The molecule has 0 aliphatic heterocycles. The van der Waals surface area contributed by atoms with Crippen molar-refractivity contribution in [3.05, 3.63) is 127 Å². The Morgan fingerprint density at radius 1 is 0.756 bits per heavy atom. The van der Waals surface area contributed by atoms with Crippen LogP contribution >= 0.6 is 6.89 Å². The van der Waals surface area contributed by atoms with E-state index in [0.29, 0.717) is 0 Å². The van der Waals surface area contributed by atoms with Gasteiger partial charge in [-0.3, -0.25) is 9.59 Å². The van der Waals surface area contributed by atoms with Crippen LogP contribution in [0.15, 0.2) is 121 Å². The predicted octanol–water partition coefficient (Wildman–Crippen LogP) is 4.10. The van der Waals surface area contributed by atoms with Gasteiger partial charge in [-0.05, 0) is 28.4 Å². The van der Waals surface area contributed by atoms with Crippen LogP contribution < -0.4 is 21.2 Å². The van der Waals surface area contributed by atoms with Gasteiger partial charge in [-0.15, -0.1) is 0 Å². The molecule has 0 fully saturated rings. The summed E-state index contributed by atoms with van der Waals surface area (Å²) >= 11 is 0. The van der Waals surface area contributed by atoms with Crippen molar-refractivity contribution in [2.24, 2.45) is 0 Å². The molecule has 0 aromatic heterocycles. The number of methoxy groups -OCH3 is 1. The fraction of sp³-hybridized carbons (Fsp3) is 0.121. The van der Waals surface area contributed by atoms with Gasteiger partial charge >= 0.3 is 12.1 Å². The summed E-state index contributed by atoms with van der Waals surface area (Å²) < 4.78 is 10.2. The molecular weight excluding hydrogens is 535 g/mol. The molecular formula is C33H29N2O5P. The van der Waals surface area contributed by atoms with Gasteiger partial charge < -0.3 is 14.8 Å². The number of nitrogens with zero attached hydrogens (tertiary/aromatic N) is 1. The summed E-state index contributed by atoms with van der Waals surface area (Å²) in [6.07, 6.45) is -1.39.